The Morgan fingerprint density at radius 1 is 1.17 bits per heavy atom. The Hall–Kier alpha value is -1.25. The summed E-state index contributed by atoms with van der Waals surface area (Å²) in [6.45, 7) is 1.70. The van der Waals surface area contributed by atoms with Crippen LogP contribution in [0.15, 0.2) is 52.3 Å². The predicted molar refractivity (Wildman–Crippen MR) is 98.2 cm³/mol. The first-order valence-electron chi connectivity index (χ1n) is 6.73. The van der Waals surface area contributed by atoms with Crippen molar-refractivity contribution in [2.45, 2.75) is 22.0 Å². The van der Waals surface area contributed by atoms with Crippen molar-refractivity contribution in [2.24, 2.45) is 5.14 Å². The summed E-state index contributed by atoms with van der Waals surface area (Å²) in [6, 6.07) is 10.8. The number of primary sulfonamides is 1. The van der Waals surface area contributed by atoms with E-state index in [-0.39, 0.29) is 10.8 Å². The van der Waals surface area contributed by atoms with Crippen LogP contribution in [0.3, 0.4) is 0 Å². The zero-order valence-corrected chi connectivity index (χ0v) is 15.6. The number of carbonyl (C=O) groups excluding carboxylic acids is 1. The van der Waals surface area contributed by atoms with Gasteiger partial charge in [-0.05, 0) is 37.3 Å². The quantitative estimate of drug-likeness (QED) is 0.742. The van der Waals surface area contributed by atoms with Crippen molar-refractivity contribution in [1.82, 2.24) is 0 Å². The molecule has 0 saturated heterocycles. The molecule has 0 bridgehead atoms. The van der Waals surface area contributed by atoms with E-state index in [1.54, 1.807) is 31.2 Å². The fourth-order valence-corrected chi connectivity index (χ4v) is 3.93. The van der Waals surface area contributed by atoms with Gasteiger partial charge in [0.25, 0.3) is 0 Å². The van der Waals surface area contributed by atoms with Gasteiger partial charge in [-0.15, -0.1) is 11.8 Å². The summed E-state index contributed by atoms with van der Waals surface area (Å²) in [5.74, 6) is -0.317. The molecule has 0 aliphatic heterocycles. The molecule has 0 unspecified atom stereocenters. The molecule has 3 N–H and O–H groups in total. The zero-order valence-electron chi connectivity index (χ0n) is 12.5. The number of thioether (sulfide) groups is 1. The Morgan fingerprint density at radius 2 is 1.75 bits per heavy atom. The van der Waals surface area contributed by atoms with Crippen LogP contribution in [-0.4, -0.2) is 19.6 Å². The molecule has 2 rings (SSSR count). The molecule has 128 valence electrons. The number of nitrogens with two attached hydrogens (primary N) is 1. The van der Waals surface area contributed by atoms with Crippen LogP contribution in [0.1, 0.15) is 6.92 Å². The van der Waals surface area contributed by atoms with E-state index in [0.29, 0.717) is 20.6 Å². The first-order chi connectivity index (χ1) is 11.2. The van der Waals surface area contributed by atoms with Crippen molar-refractivity contribution in [3.63, 3.8) is 0 Å². The molecule has 5 nitrogen and oxygen atoms in total. The molecule has 0 radical (unpaired) electrons. The van der Waals surface area contributed by atoms with E-state index in [9.17, 15) is 13.2 Å². The second-order valence-electron chi connectivity index (χ2n) is 4.87. The molecule has 0 aliphatic rings. The molecule has 0 fully saturated rings. The molecule has 24 heavy (non-hydrogen) atoms. The number of anilines is 1. The van der Waals surface area contributed by atoms with E-state index in [2.05, 4.69) is 5.32 Å². The highest BCUT2D eigenvalue weighted by Gasteiger charge is 2.18. The van der Waals surface area contributed by atoms with Crippen LogP contribution in [0.25, 0.3) is 0 Å². The van der Waals surface area contributed by atoms with Crippen LogP contribution < -0.4 is 10.5 Å². The van der Waals surface area contributed by atoms with Gasteiger partial charge in [-0.3, -0.25) is 4.79 Å². The maximum absolute atomic E-state index is 12.3. The van der Waals surface area contributed by atoms with Crippen molar-refractivity contribution < 1.29 is 13.2 Å². The normalized spacial score (nSPS) is 12.7. The fraction of sp³-hybridized carbons (Fsp3) is 0.133. The number of hydrogen-bond donors (Lipinski definition) is 2. The highest BCUT2D eigenvalue weighted by atomic mass is 35.5. The second kappa shape index (κ2) is 7.76. The molecule has 0 heterocycles. The summed E-state index contributed by atoms with van der Waals surface area (Å²) >= 11 is 13.4. The molecule has 0 saturated carbocycles. The topological polar surface area (TPSA) is 89.3 Å². The van der Waals surface area contributed by atoms with Crippen molar-refractivity contribution in [1.29, 1.82) is 0 Å². The monoisotopic (exact) mass is 404 g/mol. The smallest absolute Gasteiger partial charge is 0.238 e. The number of carbonyl (C=O) groups is 1. The number of hydrogen-bond acceptors (Lipinski definition) is 4. The van der Waals surface area contributed by atoms with Crippen molar-refractivity contribution in [3.8, 4) is 0 Å². The molecular formula is C15H14Cl2N2O3S2. The Morgan fingerprint density at radius 3 is 2.33 bits per heavy atom. The maximum Gasteiger partial charge on any atom is 0.238 e. The van der Waals surface area contributed by atoms with Crippen molar-refractivity contribution in [3.05, 3.63) is 52.5 Å². The molecule has 2 aromatic rings. The molecule has 1 atom stereocenters. The van der Waals surface area contributed by atoms with Crippen molar-refractivity contribution in [2.75, 3.05) is 5.32 Å². The van der Waals surface area contributed by atoms with Crippen LogP contribution >= 0.6 is 35.0 Å². The van der Waals surface area contributed by atoms with Crippen LogP contribution in [0.4, 0.5) is 5.69 Å². The highest BCUT2D eigenvalue weighted by Crippen LogP contribution is 2.36. The first kappa shape index (κ1) is 19.1. The number of amides is 1. The molecule has 9 heteroatoms. The minimum absolute atomic E-state index is 0.0743. The van der Waals surface area contributed by atoms with Gasteiger partial charge in [-0.1, -0.05) is 35.3 Å². The zero-order chi connectivity index (χ0) is 17.9. The minimum atomic E-state index is -3.83. The second-order valence-corrected chi connectivity index (χ2v) is 8.60. The Labute approximate surface area is 154 Å². The van der Waals surface area contributed by atoms with E-state index in [1.807, 2.05) is 0 Å². The molecule has 0 spiro atoms. The first-order valence-corrected chi connectivity index (χ1v) is 9.91. The lowest BCUT2D eigenvalue weighted by Gasteiger charge is -2.14. The van der Waals surface area contributed by atoms with E-state index in [0.717, 1.165) is 0 Å². The van der Waals surface area contributed by atoms with Crippen LogP contribution in [-0.2, 0) is 14.8 Å². The van der Waals surface area contributed by atoms with Gasteiger partial charge in [0.15, 0.2) is 0 Å². The number of halogens is 2. The van der Waals surface area contributed by atoms with E-state index >= 15 is 0 Å². The lowest BCUT2D eigenvalue weighted by atomic mass is 10.3. The Bertz CT molecular complexity index is 853. The summed E-state index contributed by atoms with van der Waals surface area (Å²) in [4.78, 5) is 12.8. The fourth-order valence-electron chi connectivity index (χ4n) is 1.82. The van der Waals surface area contributed by atoms with E-state index < -0.39 is 15.3 Å². The largest absolute Gasteiger partial charge is 0.325 e. The third-order valence-corrected chi connectivity index (χ3v) is 6.02. The SMILES string of the molecule is C[C@@H](Sc1c(Cl)cccc1Cl)C(=O)Nc1cccc(S(N)(=O)=O)c1. The average Bonchev–Trinajstić information content (AvgIpc) is 2.50. The van der Waals surface area contributed by atoms with Gasteiger partial charge in [-0.25, -0.2) is 13.6 Å². The third-order valence-electron chi connectivity index (χ3n) is 3.01. The van der Waals surface area contributed by atoms with Gasteiger partial charge < -0.3 is 5.32 Å². The summed E-state index contributed by atoms with van der Waals surface area (Å²) < 4.78 is 22.7. The average molecular weight is 405 g/mol. The lowest BCUT2D eigenvalue weighted by molar-refractivity contribution is -0.115. The van der Waals surface area contributed by atoms with Gasteiger partial charge in [0.1, 0.15) is 0 Å². The van der Waals surface area contributed by atoms with Gasteiger partial charge in [-0.2, -0.15) is 0 Å². The van der Waals surface area contributed by atoms with E-state index in [1.165, 1.54) is 30.0 Å². The van der Waals surface area contributed by atoms with Gasteiger partial charge in [0.2, 0.25) is 15.9 Å². The molecule has 2 aromatic carbocycles. The summed E-state index contributed by atoms with van der Waals surface area (Å²) in [5.41, 5.74) is 0.337. The standard InChI is InChI=1S/C15H14Cl2N2O3S2/c1-9(23-14-12(16)6-3-7-13(14)17)15(20)19-10-4-2-5-11(8-10)24(18,21)22/h2-9H,1H3,(H,19,20)(H2,18,21,22)/t9-/m1/s1. The summed E-state index contributed by atoms with van der Waals surface area (Å²) in [6.07, 6.45) is 0. The molecule has 1 amide bonds. The summed E-state index contributed by atoms with van der Waals surface area (Å²) in [5, 5.41) is 8.15. The van der Waals surface area contributed by atoms with Gasteiger partial charge in [0, 0.05) is 10.6 Å². The minimum Gasteiger partial charge on any atom is -0.325 e. The number of nitrogens with one attached hydrogen (secondary N) is 1. The number of benzene rings is 2. The third kappa shape index (κ3) is 4.87. The predicted octanol–water partition coefficient (Wildman–Crippen LogP) is 3.76. The van der Waals surface area contributed by atoms with Crippen LogP contribution in [0.5, 0.6) is 0 Å². The lowest BCUT2D eigenvalue weighted by Crippen LogP contribution is -2.22. The van der Waals surface area contributed by atoms with Gasteiger partial charge in [0.05, 0.1) is 20.2 Å². The van der Waals surface area contributed by atoms with Crippen LogP contribution in [0, 0.1) is 0 Å². The van der Waals surface area contributed by atoms with Crippen molar-refractivity contribution >= 4 is 56.6 Å². The van der Waals surface area contributed by atoms with Crippen LogP contribution in [0.2, 0.25) is 10.0 Å². The maximum atomic E-state index is 12.3. The van der Waals surface area contributed by atoms with E-state index in [4.69, 9.17) is 28.3 Å². The Kier molecular flexibility index (Phi) is 6.17. The number of rotatable bonds is 5. The Balaban J connectivity index is 2.12. The molecule has 0 aromatic heterocycles. The molecular weight excluding hydrogens is 391 g/mol. The van der Waals surface area contributed by atoms with Gasteiger partial charge >= 0.3 is 0 Å². The molecule has 0 aliphatic carbocycles. The highest BCUT2D eigenvalue weighted by molar-refractivity contribution is 8.00. The summed E-state index contributed by atoms with van der Waals surface area (Å²) in [7, 11) is -3.83. The number of sulfonamides is 1.